The summed E-state index contributed by atoms with van der Waals surface area (Å²) in [7, 11) is 0. The van der Waals surface area contributed by atoms with E-state index in [1.54, 1.807) is 6.20 Å². The van der Waals surface area contributed by atoms with Crippen molar-refractivity contribution in [2.24, 2.45) is 11.3 Å². The third kappa shape index (κ3) is 2.56. The van der Waals surface area contributed by atoms with Crippen LogP contribution in [0.2, 0.25) is 0 Å². The van der Waals surface area contributed by atoms with Gasteiger partial charge < -0.3 is 9.52 Å². The molecular weight excluding hydrogens is 232 g/mol. The summed E-state index contributed by atoms with van der Waals surface area (Å²) in [5, 5.41) is 9.08. The van der Waals surface area contributed by atoms with E-state index in [-0.39, 0.29) is 17.4 Å². The van der Waals surface area contributed by atoms with E-state index in [2.05, 4.69) is 30.7 Å². The highest BCUT2D eigenvalue weighted by Crippen LogP contribution is 2.40. The molecule has 0 amide bonds. The maximum Gasteiger partial charge on any atom is 0.307 e. The molecule has 100 valence electrons. The molecule has 0 saturated carbocycles. The number of hydrogen-bond donors (Lipinski definition) is 1. The second-order valence-electron chi connectivity index (χ2n) is 5.99. The van der Waals surface area contributed by atoms with Crippen LogP contribution in [0.15, 0.2) is 17.0 Å². The summed E-state index contributed by atoms with van der Waals surface area (Å²) in [4.78, 5) is 17.2. The predicted octanol–water partition coefficient (Wildman–Crippen LogP) is 2.17. The molecule has 2 unspecified atom stereocenters. The highest BCUT2D eigenvalue weighted by atomic mass is 16.4. The van der Waals surface area contributed by atoms with Crippen LogP contribution >= 0.6 is 0 Å². The van der Waals surface area contributed by atoms with Crippen molar-refractivity contribution in [1.29, 1.82) is 0 Å². The van der Waals surface area contributed by atoms with Gasteiger partial charge in [-0.1, -0.05) is 20.8 Å². The fourth-order valence-corrected chi connectivity index (χ4v) is 2.74. The zero-order chi connectivity index (χ0) is 13.3. The monoisotopic (exact) mass is 252 g/mol. The lowest BCUT2D eigenvalue weighted by Crippen LogP contribution is -2.35. The predicted molar refractivity (Wildman–Crippen MR) is 66.0 cm³/mol. The van der Waals surface area contributed by atoms with Gasteiger partial charge in [0.2, 0.25) is 0 Å². The zero-order valence-corrected chi connectivity index (χ0v) is 11.1. The first-order valence-electron chi connectivity index (χ1n) is 6.25. The standard InChI is InChI=1S/C13H20N2O3/c1-13(2,3)11(10-6-14-8-18-10)15-5-4-9(7-15)12(16)17/h6,8-9,11H,4-5,7H2,1-3H3,(H,16,17). The van der Waals surface area contributed by atoms with Crippen molar-refractivity contribution in [2.45, 2.75) is 33.2 Å². The molecule has 2 rings (SSSR count). The van der Waals surface area contributed by atoms with Gasteiger partial charge in [-0.25, -0.2) is 4.98 Å². The van der Waals surface area contributed by atoms with Crippen LogP contribution in [0.3, 0.4) is 0 Å². The van der Waals surface area contributed by atoms with Gasteiger partial charge in [0.05, 0.1) is 18.2 Å². The van der Waals surface area contributed by atoms with E-state index in [0.29, 0.717) is 13.0 Å². The van der Waals surface area contributed by atoms with Gasteiger partial charge in [-0.3, -0.25) is 9.69 Å². The molecule has 1 aliphatic rings. The van der Waals surface area contributed by atoms with Gasteiger partial charge >= 0.3 is 5.97 Å². The van der Waals surface area contributed by atoms with E-state index in [9.17, 15) is 4.79 Å². The van der Waals surface area contributed by atoms with E-state index in [0.717, 1.165) is 12.3 Å². The Labute approximate surface area is 107 Å². The lowest BCUT2D eigenvalue weighted by molar-refractivity contribution is -0.141. The van der Waals surface area contributed by atoms with Gasteiger partial charge in [-0.2, -0.15) is 0 Å². The van der Waals surface area contributed by atoms with E-state index in [1.807, 2.05) is 0 Å². The van der Waals surface area contributed by atoms with E-state index in [4.69, 9.17) is 9.52 Å². The van der Waals surface area contributed by atoms with Gasteiger partial charge in [0, 0.05) is 6.54 Å². The molecule has 0 bridgehead atoms. The molecule has 1 aromatic heterocycles. The molecule has 5 nitrogen and oxygen atoms in total. The van der Waals surface area contributed by atoms with Crippen molar-refractivity contribution in [2.75, 3.05) is 13.1 Å². The first-order chi connectivity index (χ1) is 8.39. The molecule has 1 saturated heterocycles. The van der Waals surface area contributed by atoms with Crippen LogP contribution in [-0.4, -0.2) is 34.0 Å². The number of likely N-dealkylation sites (tertiary alicyclic amines) is 1. The first kappa shape index (κ1) is 13.1. The summed E-state index contributed by atoms with van der Waals surface area (Å²) in [6.45, 7) is 7.77. The number of oxazole rings is 1. The van der Waals surface area contributed by atoms with Crippen molar-refractivity contribution in [3.8, 4) is 0 Å². The summed E-state index contributed by atoms with van der Waals surface area (Å²) in [6.07, 6.45) is 3.86. The summed E-state index contributed by atoms with van der Waals surface area (Å²) in [5.41, 5.74) is -0.0209. The number of hydrogen-bond acceptors (Lipinski definition) is 4. The van der Waals surface area contributed by atoms with Crippen molar-refractivity contribution >= 4 is 5.97 Å². The Morgan fingerprint density at radius 3 is 2.78 bits per heavy atom. The maximum atomic E-state index is 11.0. The van der Waals surface area contributed by atoms with Gasteiger partial charge in [-0.15, -0.1) is 0 Å². The number of aromatic nitrogens is 1. The number of aliphatic carboxylic acids is 1. The SMILES string of the molecule is CC(C)(C)C(c1cnco1)N1CCC(C(=O)O)C1. The van der Waals surface area contributed by atoms with Crippen LogP contribution in [-0.2, 0) is 4.79 Å². The Hall–Kier alpha value is -1.36. The van der Waals surface area contributed by atoms with Crippen LogP contribution in [0.1, 0.15) is 39.0 Å². The average Bonchev–Trinajstić information content (AvgIpc) is 2.86. The molecule has 1 fully saturated rings. The third-order valence-electron chi connectivity index (χ3n) is 3.48. The normalized spacial score (nSPS) is 23.2. The quantitative estimate of drug-likeness (QED) is 0.893. The molecular formula is C13H20N2O3. The second kappa shape index (κ2) is 4.72. The molecule has 0 aliphatic carbocycles. The molecule has 0 radical (unpaired) electrons. The summed E-state index contributed by atoms with van der Waals surface area (Å²) in [6, 6.07) is 0.0735. The van der Waals surface area contributed by atoms with Gasteiger partial charge in [-0.05, 0) is 18.4 Å². The Bertz CT molecular complexity index is 408. The summed E-state index contributed by atoms with van der Waals surface area (Å²) < 4.78 is 5.43. The van der Waals surface area contributed by atoms with Crippen molar-refractivity contribution in [3.63, 3.8) is 0 Å². The summed E-state index contributed by atoms with van der Waals surface area (Å²) in [5.74, 6) is -0.158. The fraction of sp³-hybridized carbons (Fsp3) is 0.692. The number of carboxylic acids is 1. The number of carbonyl (C=O) groups is 1. The molecule has 2 heterocycles. The molecule has 1 N–H and O–H groups in total. The molecule has 1 aromatic rings. The Kier molecular flexibility index (Phi) is 3.43. The van der Waals surface area contributed by atoms with Crippen molar-refractivity contribution in [1.82, 2.24) is 9.88 Å². The molecule has 0 aromatic carbocycles. The van der Waals surface area contributed by atoms with Crippen LogP contribution in [0.25, 0.3) is 0 Å². The molecule has 5 heteroatoms. The first-order valence-corrected chi connectivity index (χ1v) is 6.25. The smallest absolute Gasteiger partial charge is 0.307 e. The van der Waals surface area contributed by atoms with E-state index >= 15 is 0 Å². The van der Waals surface area contributed by atoms with Crippen LogP contribution < -0.4 is 0 Å². The van der Waals surface area contributed by atoms with Gasteiger partial charge in [0.25, 0.3) is 0 Å². The van der Waals surface area contributed by atoms with Gasteiger partial charge in [0.1, 0.15) is 5.76 Å². The largest absolute Gasteiger partial charge is 0.481 e. The third-order valence-corrected chi connectivity index (χ3v) is 3.48. The maximum absolute atomic E-state index is 11.0. The van der Waals surface area contributed by atoms with E-state index < -0.39 is 5.97 Å². The highest BCUT2D eigenvalue weighted by molar-refractivity contribution is 5.70. The zero-order valence-electron chi connectivity index (χ0n) is 11.1. The van der Waals surface area contributed by atoms with Crippen molar-refractivity contribution in [3.05, 3.63) is 18.4 Å². The minimum Gasteiger partial charge on any atom is -0.481 e. The summed E-state index contributed by atoms with van der Waals surface area (Å²) >= 11 is 0. The Morgan fingerprint density at radius 1 is 1.61 bits per heavy atom. The second-order valence-corrected chi connectivity index (χ2v) is 5.99. The number of nitrogens with zero attached hydrogens (tertiary/aromatic N) is 2. The topological polar surface area (TPSA) is 66.6 Å². The Balaban J connectivity index is 2.19. The fourth-order valence-electron chi connectivity index (χ4n) is 2.74. The molecule has 2 atom stereocenters. The van der Waals surface area contributed by atoms with Crippen LogP contribution in [0, 0.1) is 11.3 Å². The molecule has 0 spiro atoms. The van der Waals surface area contributed by atoms with Crippen LogP contribution in [0.4, 0.5) is 0 Å². The lowest BCUT2D eigenvalue weighted by Gasteiger charge is -2.36. The molecule has 1 aliphatic heterocycles. The van der Waals surface area contributed by atoms with Crippen LogP contribution in [0.5, 0.6) is 0 Å². The molecule has 18 heavy (non-hydrogen) atoms. The average molecular weight is 252 g/mol. The van der Waals surface area contributed by atoms with Gasteiger partial charge in [0.15, 0.2) is 6.39 Å². The Morgan fingerprint density at radius 2 is 2.33 bits per heavy atom. The van der Waals surface area contributed by atoms with Crippen molar-refractivity contribution < 1.29 is 14.3 Å². The lowest BCUT2D eigenvalue weighted by atomic mass is 9.84. The highest BCUT2D eigenvalue weighted by Gasteiger charge is 2.39. The number of carboxylic acid groups (broad SMARTS) is 1. The van der Waals surface area contributed by atoms with E-state index in [1.165, 1.54) is 6.39 Å². The minimum absolute atomic E-state index is 0.0209. The minimum atomic E-state index is -0.706. The number of rotatable bonds is 3.